The van der Waals surface area contributed by atoms with E-state index in [2.05, 4.69) is 6.58 Å². The molecule has 1 rings (SSSR count). The lowest BCUT2D eigenvalue weighted by atomic mass is 10.0. The minimum Gasteiger partial charge on any atom is -0.460 e. The van der Waals surface area contributed by atoms with Gasteiger partial charge < -0.3 is 9.84 Å². The molecule has 1 N–H and O–H groups in total. The molecule has 1 saturated carbocycles. The van der Waals surface area contributed by atoms with Crippen molar-refractivity contribution in [3.8, 4) is 0 Å². The van der Waals surface area contributed by atoms with Crippen molar-refractivity contribution in [1.29, 1.82) is 0 Å². The number of allylic oxidation sites excluding steroid dienone is 1. The molecule has 122 valence electrons. The van der Waals surface area contributed by atoms with Crippen LogP contribution in [0.25, 0.3) is 0 Å². The highest BCUT2D eigenvalue weighted by Crippen LogP contribution is 2.27. The average Bonchev–Trinajstić information content (AvgIpc) is 3.00. The van der Waals surface area contributed by atoms with Gasteiger partial charge in [0.1, 0.15) is 0 Å². The van der Waals surface area contributed by atoms with Gasteiger partial charge in [0.15, 0.2) is 0 Å². The van der Waals surface area contributed by atoms with Crippen molar-refractivity contribution in [2.75, 3.05) is 0 Å². The second-order valence-corrected chi connectivity index (χ2v) is 5.42. The predicted octanol–water partition coefficient (Wildman–Crippen LogP) is 4.41. The summed E-state index contributed by atoms with van der Waals surface area (Å²) in [4.78, 5) is 11.5. The fraction of sp³-hybridized carbons (Fsp3) is 0.722. The molecule has 1 fully saturated rings. The third-order valence-corrected chi connectivity index (χ3v) is 3.66. The predicted molar refractivity (Wildman–Crippen MR) is 88.1 cm³/mol. The van der Waals surface area contributed by atoms with E-state index in [4.69, 9.17) is 4.74 Å². The first kappa shape index (κ1) is 19.9. The molecule has 0 heterocycles. The molecule has 1 aliphatic rings. The number of aliphatic hydroxyl groups excluding tert-OH is 1. The Hall–Kier alpha value is -1.09. The summed E-state index contributed by atoms with van der Waals surface area (Å²) in [6.07, 6.45) is 11.7. The normalized spacial score (nSPS) is 17.9. The number of carbonyl (C=O) groups is 1. The fourth-order valence-corrected chi connectivity index (χ4v) is 2.42. The van der Waals surface area contributed by atoms with Crippen LogP contribution in [0.2, 0.25) is 0 Å². The Morgan fingerprint density at radius 1 is 1.33 bits per heavy atom. The van der Waals surface area contributed by atoms with E-state index in [1.54, 1.807) is 6.08 Å². The molecule has 0 aromatic rings. The summed E-state index contributed by atoms with van der Waals surface area (Å²) < 4.78 is 5.24. The number of carbonyl (C=O) groups excluding carboxylic acids is 1. The van der Waals surface area contributed by atoms with Crippen molar-refractivity contribution in [1.82, 2.24) is 0 Å². The Kier molecular flexibility index (Phi) is 12.0. The summed E-state index contributed by atoms with van der Waals surface area (Å²) in [5.41, 5.74) is 0. The van der Waals surface area contributed by atoms with E-state index in [0.29, 0.717) is 12.8 Å². The fourth-order valence-electron chi connectivity index (χ4n) is 2.42. The maximum absolute atomic E-state index is 11.5. The van der Waals surface area contributed by atoms with Crippen LogP contribution in [0.1, 0.15) is 65.7 Å². The summed E-state index contributed by atoms with van der Waals surface area (Å²) in [5.74, 6) is 0.475. The van der Waals surface area contributed by atoms with Crippen molar-refractivity contribution >= 4 is 5.97 Å². The molecule has 0 saturated heterocycles. The van der Waals surface area contributed by atoms with Gasteiger partial charge in [-0.1, -0.05) is 51.7 Å². The molecule has 0 aliphatic heterocycles. The van der Waals surface area contributed by atoms with Crippen LogP contribution in [0, 0.1) is 5.92 Å². The van der Waals surface area contributed by atoms with Gasteiger partial charge in [0.2, 0.25) is 0 Å². The number of ether oxygens (including phenoxy) is 1. The maximum Gasteiger partial charge on any atom is 0.330 e. The lowest BCUT2D eigenvalue weighted by molar-refractivity contribution is -0.142. The number of aliphatic hydroxyl groups is 1. The number of hydrogen-bond acceptors (Lipinski definition) is 3. The quantitative estimate of drug-likeness (QED) is 0.410. The summed E-state index contributed by atoms with van der Waals surface area (Å²) in [5, 5.41) is 9.33. The third-order valence-electron chi connectivity index (χ3n) is 3.66. The molecule has 0 unspecified atom stereocenters. The first-order valence-electron chi connectivity index (χ1n) is 8.29. The molecule has 21 heavy (non-hydrogen) atoms. The molecular weight excluding hydrogens is 264 g/mol. The van der Waals surface area contributed by atoms with Gasteiger partial charge in [0.05, 0.1) is 12.2 Å². The zero-order chi connectivity index (χ0) is 16.1. The van der Waals surface area contributed by atoms with Crippen LogP contribution in [0.4, 0.5) is 0 Å². The Bertz CT molecular complexity index is 304. The summed E-state index contributed by atoms with van der Waals surface area (Å²) in [7, 11) is 0. The Morgan fingerprint density at radius 2 is 1.95 bits per heavy atom. The molecular formula is C18H32O3. The number of esters is 1. The summed E-state index contributed by atoms with van der Waals surface area (Å²) in [6.45, 7) is 9.35. The Balaban J connectivity index is 0.00000191. The second-order valence-electron chi connectivity index (χ2n) is 5.42. The molecule has 0 amide bonds. The second kappa shape index (κ2) is 12.6. The van der Waals surface area contributed by atoms with Crippen LogP contribution in [0.15, 0.2) is 24.8 Å². The van der Waals surface area contributed by atoms with Crippen LogP contribution in [0.5, 0.6) is 0 Å². The molecule has 3 nitrogen and oxygen atoms in total. The van der Waals surface area contributed by atoms with Crippen molar-refractivity contribution in [3.05, 3.63) is 24.8 Å². The molecule has 3 heteroatoms. The van der Waals surface area contributed by atoms with Crippen LogP contribution in [-0.2, 0) is 9.53 Å². The summed E-state index contributed by atoms with van der Waals surface area (Å²) >= 11 is 0. The lowest BCUT2D eigenvalue weighted by Crippen LogP contribution is -2.15. The SMILES string of the molecule is C=C[C@@H](O)CC[C@H](C)OC(=O)/C=C/CC1CCCC1.CC. The average molecular weight is 296 g/mol. The van der Waals surface area contributed by atoms with E-state index in [1.807, 2.05) is 26.8 Å². The van der Waals surface area contributed by atoms with Crippen LogP contribution < -0.4 is 0 Å². The van der Waals surface area contributed by atoms with Crippen molar-refractivity contribution in [3.63, 3.8) is 0 Å². The minimum absolute atomic E-state index is 0.168. The zero-order valence-corrected chi connectivity index (χ0v) is 13.9. The first-order valence-corrected chi connectivity index (χ1v) is 8.29. The topological polar surface area (TPSA) is 46.5 Å². The van der Waals surface area contributed by atoms with Gasteiger partial charge in [-0.25, -0.2) is 4.79 Å². The van der Waals surface area contributed by atoms with Gasteiger partial charge in [0, 0.05) is 6.08 Å². The van der Waals surface area contributed by atoms with E-state index < -0.39 is 6.10 Å². The molecule has 0 radical (unpaired) electrons. The maximum atomic E-state index is 11.5. The largest absolute Gasteiger partial charge is 0.460 e. The van der Waals surface area contributed by atoms with Gasteiger partial charge >= 0.3 is 5.97 Å². The van der Waals surface area contributed by atoms with Crippen molar-refractivity contribution in [2.24, 2.45) is 5.92 Å². The molecule has 0 aromatic heterocycles. The highest BCUT2D eigenvalue weighted by molar-refractivity contribution is 5.81. The highest BCUT2D eigenvalue weighted by atomic mass is 16.5. The van der Waals surface area contributed by atoms with E-state index in [-0.39, 0.29) is 12.1 Å². The molecule has 1 aliphatic carbocycles. The number of hydrogen-bond donors (Lipinski definition) is 1. The lowest BCUT2D eigenvalue weighted by Gasteiger charge is -2.13. The van der Waals surface area contributed by atoms with E-state index >= 15 is 0 Å². The van der Waals surface area contributed by atoms with E-state index in [9.17, 15) is 9.90 Å². The van der Waals surface area contributed by atoms with Crippen LogP contribution >= 0.6 is 0 Å². The third kappa shape index (κ3) is 10.3. The Morgan fingerprint density at radius 3 is 2.52 bits per heavy atom. The van der Waals surface area contributed by atoms with Crippen LogP contribution in [0.3, 0.4) is 0 Å². The zero-order valence-electron chi connectivity index (χ0n) is 13.9. The molecule has 2 atom stereocenters. The van der Waals surface area contributed by atoms with Crippen molar-refractivity contribution < 1.29 is 14.6 Å². The van der Waals surface area contributed by atoms with Gasteiger partial charge in [-0.2, -0.15) is 0 Å². The number of rotatable bonds is 8. The van der Waals surface area contributed by atoms with Crippen LogP contribution in [-0.4, -0.2) is 23.3 Å². The standard InChI is InChI=1S/C16H26O3.C2H6/c1-3-15(17)12-11-13(2)19-16(18)10-6-9-14-7-4-5-8-14;1-2/h3,6,10,13-15,17H,1,4-5,7-9,11-12H2,2H3;1-2H3/b10-6+;/t13-,15+;/m0./s1. The molecule has 0 bridgehead atoms. The Labute approximate surface area is 130 Å². The molecule has 0 aromatic carbocycles. The van der Waals surface area contributed by atoms with Gasteiger partial charge in [-0.3, -0.25) is 0 Å². The van der Waals surface area contributed by atoms with Crippen molar-refractivity contribution in [2.45, 2.75) is 77.9 Å². The first-order chi connectivity index (χ1) is 10.1. The summed E-state index contributed by atoms with van der Waals surface area (Å²) in [6, 6.07) is 0. The monoisotopic (exact) mass is 296 g/mol. The highest BCUT2D eigenvalue weighted by Gasteiger charge is 2.13. The molecule has 0 spiro atoms. The van der Waals surface area contributed by atoms with Gasteiger partial charge in [-0.05, 0) is 32.1 Å². The smallest absolute Gasteiger partial charge is 0.330 e. The minimum atomic E-state index is -0.515. The van der Waals surface area contributed by atoms with E-state index in [0.717, 1.165) is 12.3 Å². The van der Waals surface area contributed by atoms with Gasteiger partial charge in [-0.15, -0.1) is 6.58 Å². The van der Waals surface area contributed by atoms with E-state index in [1.165, 1.54) is 31.8 Å². The van der Waals surface area contributed by atoms with Gasteiger partial charge in [0.25, 0.3) is 0 Å².